The molecule has 0 aromatic heterocycles. The Kier molecular flexibility index (Phi) is 6.55. The van der Waals surface area contributed by atoms with E-state index < -0.39 is 0 Å². The average molecular weight is 429 g/mol. The van der Waals surface area contributed by atoms with E-state index in [9.17, 15) is 9.59 Å². The van der Waals surface area contributed by atoms with Crippen LogP contribution in [-0.2, 0) is 24.2 Å². The van der Waals surface area contributed by atoms with Gasteiger partial charge in [-0.1, -0.05) is 42.5 Å². The molecule has 0 saturated heterocycles. The Morgan fingerprint density at radius 2 is 1.75 bits per heavy atom. The van der Waals surface area contributed by atoms with Crippen molar-refractivity contribution in [3.8, 4) is 5.75 Å². The number of ether oxygens (including phenoxy) is 1. The maximum Gasteiger partial charge on any atom is 0.258 e. The van der Waals surface area contributed by atoms with E-state index in [0.717, 1.165) is 41.0 Å². The molecule has 0 aliphatic carbocycles. The lowest BCUT2D eigenvalue weighted by molar-refractivity contribution is -0.121. The van der Waals surface area contributed by atoms with E-state index in [-0.39, 0.29) is 17.9 Å². The summed E-state index contributed by atoms with van der Waals surface area (Å²) in [6.45, 7) is 2.51. The van der Waals surface area contributed by atoms with Gasteiger partial charge in [-0.2, -0.15) is 0 Å². The van der Waals surface area contributed by atoms with E-state index in [1.54, 1.807) is 31.4 Å². The third kappa shape index (κ3) is 4.83. The van der Waals surface area contributed by atoms with Gasteiger partial charge in [0.05, 0.1) is 7.11 Å². The van der Waals surface area contributed by atoms with Gasteiger partial charge in [0, 0.05) is 30.3 Å². The van der Waals surface area contributed by atoms with Crippen LogP contribution in [0.3, 0.4) is 0 Å². The summed E-state index contributed by atoms with van der Waals surface area (Å²) in [6, 6.07) is 23.4. The highest BCUT2D eigenvalue weighted by Crippen LogP contribution is 2.34. The third-order valence-corrected chi connectivity index (χ3v) is 5.89. The van der Waals surface area contributed by atoms with E-state index in [0.29, 0.717) is 18.5 Å². The first-order chi connectivity index (χ1) is 15.5. The average Bonchev–Trinajstić information content (AvgIpc) is 3.16. The Morgan fingerprint density at radius 3 is 2.47 bits per heavy atom. The first-order valence-electron chi connectivity index (χ1n) is 10.9. The van der Waals surface area contributed by atoms with Crippen molar-refractivity contribution in [3.05, 3.63) is 95.1 Å². The third-order valence-electron chi connectivity index (χ3n) is 5.89. The van der Waals surface area contributed by atoms with Crippen molar-refractivity contribution in [1.82, 2.24) is 5.32 Å². The van der Waals surface area contributed by atoms with E-state index in [4.69, 9.17) is 4.74 Å². The SMILES string of the molecule is COc1ccc(C(=O)N2c3cc(CNC(=O)CCc4ccccc4)ccc3C[C@H]2C)cc1. The van der Waals surface area contributed by atoms with Gasteiger partial charge in [0.25, 0.3) is 5.91 Å². The number of nitrogens with zero attached hydrogens (tertiary/aromatic N) is 1. The second-order valence-electron chi connectivity index (χ2n) is 8.18. The molecule has 5 heteroatoms. The van der Waals surface area contributed by atoms with Crippen LogP contribution in [0.15, 0.2) is 72.8 Å². The van der Waals surface area contributed by atoms with Gasteiger partial charge in [-0.3, -0.25) is 9.59 Å². The lowest BCUT2D eigenvalue weighted by Gasteiger charge is -2.23. The Hall–Kier alpha value is -3.60. The second kappa shape index (κ2) is 9.69. The van der Waals surface area contributed by atoms with E-state index in [2.05, 4.69) is 18.3 Å². The highest BCUT2D eigenvalue weighted by Gasteiger charge is 2.31. The molecule has 1 aliphatic heterocycles. The zero-order chi connectivity index (χ0) is 22.5. The zero-order valence-corrected chi connectivity index (χ0v) is 18.5. The van der Waals surface area contributed by atoms with Crippen molar-refractivity contribution in [2.45, 2.75) is 38.8 Å². The smallest absolute Gasteiger partial charge is 0.258 e. The zero-order valence-electron chi connectivity index (χ0n) is 18.5. The van der Waals surface area contributed by atoms with Gasteiger partial charge in [0.2, 0.25) is 5.91 Å². The standard InChI is InChI=1S/C27H28N2O3/c1-19-16-23-10-8-21(18-28-26(30)15-9-20-6-4-3-5-7-20)17-25(23)29(19)27(31)22-11-13-24(32-2)14-12-22/h3-8,10-14,17,19H,9,15-16,18H2,1-2H3,(H,28,30)/t19-/m1/s1. The minimum absolute atomic E-state index is 0.0221. The van der Waals surface area contributed by atoms with Crippen LogP contribution < -0.4 is 15.0 Å². The van der Waals surface area contributed by atoms with Crippen LogP contribution in [0.5, 0.6) is 5.75 Å². The molecule has 2 amide bonds. The van der Waals surface area contributed by atoms with Crippen LogP contribution in [0.1, 0.15) is 40.4 Å². The monoisotopic (exact) mass is 428 g/mol. The van der Waals surface area contributed by atoms with Crippen LogP contribution >= 0.6 is 0 Å². The maximum atomic E-state index is 13.2. The lowest BCUT2D eigenvalue weighted by Crippen LogP contribution is -2.35. The number of hydrogen-bond acceptors (Lipinski definition) is 3. The Morgan fingerprint density at radius 1 is 1.00 bits per heavy atom. The molecule has 164 valence electrons. The highest BCUT2D eigenvalue weighted by atomic mass is 16.5. The number of methoxy groups -OCH3 is 1. The number of anilines is 1. The molecule has 5 nitrogen and oxygen atoms in total. The van der Waals surface area contributed by atoms with Gasteiger partial charge in [0.1, 0.15) is 5.75 Å². The molecule has 3 aromatic rings. The highest BCUT2D eigenvalue weighted by molar-refractivity contribution is 6.07. The first kappa shape index (κ1) is 21.6. The van der Waals surface area contributed by atoms with Crippen LogP contribution in [0.25, 0.3) is 0 Å². The quantitative estimate of drug-likeness (QED) is 0.601. The summed E-state index contributed by atoms with van der Waals surface area (Å²) in [5, 5.41) is 3.00. The van der Waals surface area contributed by atoms with Gasteiger partial charge < -0.3 is 15.0 Å². The Labute approximate surface area is 189 Å². The first-order valence-corrected chi connectivity index (χ1v) is 10.9. The summed E-state index contributed by atoms with van der Waals surface area (Å²) in [4.78, 5) is 27.4. The summed E-state index contributed by atoms with van der Waals surface area (Å²) in [5.41, 5.74) is 4.85. The second-order valence-corrected chi connectivity index (χ2v) is 8.18. The molecular weight excluding hydrogens is 400 g/mol. The Bertz CT molecular complexity index is 1090. The van der Waals surface area contributed by atoms with Crippen LogP contribution in [0, 0.1) is 0 Å². The molecule has 32 heavy (non-hydrogen) atoms. The van der Waals surface area contributed by atoms with E-state index in [1.807, 2.05) is 47.4 Å². The molecule has 0 fully saturated rings. The number of rotatable bonds is 7. The van der Waals surface area contributed by atoms with Crippen molar-refractivity contribution in [1.29, 1.82) is 0 Å². The summed E-state index contributed by atoms with van der Waals surface area (Å²) in [6.07, 6.45) is 1.99. The number of carbonyl (C=O) groups is 2. The summed E-state index contributed by atoms with van der Waals surface area (Å²) >= 11 is 0. The summed E-state index contributed by atoms with van der Waals surface area (Å²) in [5.74, 6) is 0.721. The fourth-order valence-corrected chi connectivity index (χ4v) is 4.14. The molecule has 4 rings (SSSR count). The topological polar surface area (TPSA) is 58.6 Å². The van der Waals surface area contributed by atoms with E-state index >= 15 is 0 Å². The van der Waals surface area contributed by atoms with E-state index in [1.165, 1.54) is 0 Å². The van der Waals surface area contributed by atoms with Gasteiger partial charge in [-0.05, 0) is 66.8 Å². The number of aryl methyl sites for hydroxylation is 1. The van der Waals surface area contributed by atoms with Crippen molar-refractivity contribution in [2.24, 2.45) is 0 Å². The van der Waals surface area contributed by atoms with Gasteiger partial charge in [0.15, 0.2) is 0 Å². The van der Waals surface area contributed by atoms with Crippen molar-refractivity contribution < 1.29 is 14.3 Å². The molecule has 1 heterocycles. The molecule has 3 aromatic carbocycles. The number of fused-ring (bicyclic) bond motifs is 1. The maximum absolute atomic E-state index is 13.2. The minimum atomic E-state index is -0.0250. The van der Waals surface area contributed by atoms with Gasteiger partial charge >= 0.3 is 0 Å². The van der Waals surface area contributed by atoms with Gasteiger partial charge in [-0.25, -0.2) is 0 Å². The molecule has 0 bridgehead atoms. The van der Waals surface area contributed by atoms with Crippen LogP contribution in [-0.4, -0.2) is 25.0 Å². The van der Waals surface area contributed by atoms with Crippen molar-refractivity contribution >= 4 is 17.5 Å². The fourth-order valence-electron chi connectivity index (χ4n) is 4.14. The summed E-state index contributed by atoms with van der Waals surface area (Å²) < 4.78 is 5.20. The fraction of sp³-hybridized carbons (Fsp3) is 0.259. The largest absolute Gasteiger partial charge is 0.497 e. The molecule has 1 atom stereocenters. The molecular formula is C27H28N2O3. The molecule has 0 spiro atoms. The molecule has 0 saturated carbocycles. The van der Waals surface area contributed by atoms with Crippen LogP contribution in [0.4, 0.5) is 5.69 Å². The molecule has 1 aliphatic rings. The summed E-state index contributed by atoms with van der Waals surface area (Å²) in [7, 11) is 1.61. The predicted molar refractivity (Wildman–Crippen MR) is 126 cm³/mol. The number of hydrogen-bond donors (Lipinski definition) is 1. The molecule has 0 unspecified atom stereocenters. The number of nitrogens with one attached hydrogen (secondary N) is 1. The van der Waals surface area contributed by atoms with Crippen molar-refractivity contribution in [2.75, 3.05) is 12.0 Å². The minimum Gasteiger partial charge on any atom is -0.497 e. The lowest BCUT2D eigenvalue weighted by atomic mass is 10.1. The normalized spacial score (nSPS) is 14.7. The number of amides is 2. The number of benzene rings is 3. The van der Waals surface area contributed by atoms with Crippen LogP contribution in [0.2, 0.25) is 0 Å². The Balaban J connectivity index is 1.42. The molecule has 0 radical (unpaired) electrons. The molecule has 1 N–H and O–H groups in total. The van der Waals surface area contributed by atoms with Gasteiger partial charge in [-0.15, -0.1) is 0 Å². The predicted octanol–water partition coefficient (Wildman–Crippen LogP) is 4.54. The van der Waals surface area contributed by atoms with Crippen molar-refractivity contribution in [3.63, 3.8) is 0 Å². The number of carbonyl (C=O) groups excluding carboxylic acids is 2.